The smallest absolute Gasteiger partial charge is 0.216 e. The zero-order valence-corrected chi connectivity index (χ0v) is 11.0. The van der Waals surface area contributed by atoms with Crippen LogP contribution in [0.15, 0.2) is 0 Å². The molecule has 1 amide bonds. The Morgan fingerprint density at radius 1 is 1.35 bits per heavy atom. The summed E-state index contributed by atoms with van der Waals surface area (Å²) in [5, 5.41) is 6.03. The van der Waals surface area contributed by atoms with Crippen molar-refractivity contribution in [2.45, 2.75) is 25.8 Å². The molecule has 100 valence electrons. The predicted molar refractivity (Wildman–Crippen MR) is 68.0 cm³/mol. The molecule has 0 aromatic heterocycles. The van der Waals surface area contributed by atoms with Gasteiger partial charge in [0, 0.05) is 26.1 Å². The molecule has 1 aliphatic rings. The molecule has 1 aliphatic heterocycles. The zero-order valence-electron chi connectivity index (χ0n) is 11.0. The Hall–Kier alpha value is -0.650. The van der Waals surface area contributed by atoms with E-state index in [0.717, 1.165) is 26.2 Å². The van der Waals surface area contributed by atoms with Crippen LogP contribution in [-0.2, 0) is 9.53 Å². The molecule has 1 saturated heterocycles. The maximum absolute atomic E-state index is 10.6. The van der Waals surface area contributed by atoms with Gasteiger partial charge in [0.2, 0.25) is 5.91 Å². The molecule has 1 fully saturated rings. The number of rotatable bonds is 7. The lowest BCUT2D eigenvalue weighted by atomic mass is 10.1. The molecule has 5 nitrogen and oxygen atoms in total. The van der Waals surface area contributed by atoms with E-state index in [9.17, 15) is 4.79 Å². The van der Waals surface area contributed by atoms with Crippen molar-refractivity contribution in [1.82, 2.24) is 15.5 Å². The molecule has 1 heterocycles. The first kappa shape index (κ1) is 14.4. The fourth-order valence-electron chi connectivity index (χ4n) is 2.04. The molecular weight excluding hydrogens is 218 g/mol. The number of carbonyl (C=O) groups is 1. The normalized spacial score (nSPS) is 18.2. The van der Waals surface area contributed by atoms with E-state index in [4.69, 9.17) is 4.74 Å². The number of hydrogen-bond donors (Lipinski definition) is 2. The van der Waals surface area contributed by atoms with E-state index in [-0.39, 0.29) is 5.91 Å². The summed E-state index contributed by atoms with van der Waals surface area (Å²) in [4.78, 5) is 13.0. The molecular formula is C12H25N3O2. The molecule has 5 heteroatoms. The van der Waals surface area contributed by atoms with Crippen molar-refractivity contribution in [3.63, 3.8) is 0 Å². The molecule has 0 aromatic rings. The highest BCUT2D eigenvalue weighted by atomic mass is 16.5. The Morgan fingerprint density at radius 3 is 2.65 bits per heavy atom. The summed E-state index contributed by atoms with van der Waals surface area (Å²) in [6, 6.07) is 0.687. The summed E-state index contributed by atoms with van der Waals surface area (Å²) in [6.07, 6.45) is 2.45. The second-order valence-corrected chi connectivity index (χ2v) is 4.50. The maximum Gasteiger partial charge on any atom is 0.216 e. The van der Waals surface area contributed by atoms with Gasteiger partial charge in [-0.05, 0) is 33.0 Å². The number of carbonyl (C=O) groups excluding carboxylic acids is 1. The largest absolute Gasteiger partial charge is 0.378 e. The second-order valence-electron chi connectivity index (χ2n) is 4.50. The van der Waals surface area contributed by atoms with Crippen molar-refractivity contribution >= 4 is 5.91 Å². The van der Waals surface area contributed by atoms with E-state index in [0.29, 0.717) is 19.2 Å². The zero-order chi connectivity index (χ0) is 12.5. The molecule has 17 heavy (non-hydrogen) atoms. The van der Waals surface area contributed by atoms with Crippen LogP contribution in [-0.4, -0.2) is 63.3 Å². The van der Waals surface area contributed by atoms with Gasteiger partial charge in [0.1, 0.15) is 0 Å². The summed E-state index contributed by atoms with van der Waals surface area (Å²) in [7, 11) is 2.03. The Kier molecular flexibility index (Phi) is 7.16. The lowest BCUT2D eigenvalue weighted by Crippen LogP contribution is -2.42. The molecule has 0 aromatic carbocycles. The van der Waals surface area contributed by atoms with E-state index >= 15 is 0 Å². The van der Waals surface area contributed by atoms with E-state index in [1.54, 1.807) is 0 Å². The first-order valence-corrected chi connectivity index (χ1v) is 6.44. The quantitative estimate of drug-likeness (QED) is 0.609. The second kappa shape index (κ2) is 8.44. The summed E-state index contributed by atoms with van der Waals surface area (Å²) in [5.41, 5.74) is 0. The standard InChI is InChI=1S/C12H25N3O2/c1-11(16)14-5-9-17-10-8-15-6-3-12(13-2)4-7-15/h12-13H,3-10H2,1-2H3,(H,14,16). The Morgan fingerprint density at radius 2 is 2.06 bits per heavy atom. The minimum absolute atomic E-state index is 0.00254. The summed E-state index contributed by atoms with van der Waals surface area (Å²) >= 11 is 0. The minimum Gasteiger partial charge on any atom is -0.378 e. The fourth-order valence-corrected chi connectivity index (χ4v) is 2.04. The average Bonchev–Trinajstić information content (AvgIpc) is 2.34. The van der Waals surface area contributed by atoms with Gasteiger partial charge in [0.25, 0.3) is 0 Å². The molecule has 0 saturated carbocycles. The van der Waals surface area contributed by atoms with Gasteiger partial charge < -0.3 is 20.3 Å². The van der Waals surface area contributed by atoms with Gasteiger partial charge in [-0.15, -0.1) is 0 Å². The van der Waals surface area contributed by atoms with Gasteiger partial charge in [0.15, 0.2) is 0 Å². The minimum atomic E-state index is 0.00254. The van der Waals surface area contributed by atoms with Crippen LogP contribution in [0, 0.1) is 0 Å². The Bertz CT molecular complexity index is 216. The SMILES string of the molecule is CNC1CCN(CCOCCNC(C)=O)CC1. The van der Waals surface area contributed by atoms with Gasteiger partial charge in [-0.25, -0.2) is 0 Å². The Balaban J connectivity index is 1.91. The number of nitrogens with one attached hydrogen (secondary N) is 2. The highest BCUT2D eigenvalue weighted by molar-refractivity contribution is 5.72. The lowest BCUT2D eigenvalue weighted by Gasteiger charge is -2.31. The molecule has 0 atom stereocenters. The number of amides is 1. The van der Waals surface area contributed by atoms with Crippen molar-refractivity contribution < 1.29 is 9.53 Å². The van der Waals surface area contributed by atoms with Crippen LogP contribution in [0.1, 0.15) is 19.8 Å². The van der Waals surface area contributed by atoms with E-state index in [1.165, 1.54) is 19.8 Å². The molecule has 0 spiro atoms. The van der Waals surface area contributed by atoms with Crippen LogP contribution in [0.5, 0.6) is 0 Å². The van der Waals surface area contributed by atoms with Crippen molar-refractivity contribution in [3.8, 4) is 0 Å². The molecule has 0 aliphatic carbocycles. The number of hydrogen-bond acceptors (Lipinski definition) is 4. The monoisotopic (exact) mass is 243 g/mol. The Labute approximate surface area is 104 Å². The highest BCUT2D eigenvalue weighted by Gasteiger charge is 2.16. The summed E-state index contributed by atoms with van der Waals surface area (Å²) in [5.74, 6) is 0.00254. The van der Waals surface area contributed by atoms with Gasteiger partial charge in [-0.1, -0.05) is 0 Å². The van der Waals surface area contributed by atoms with Crippen LogP contribution >= 0.6 is 0 Å². The number of piperidine rings is 1. The molecule has 2 N–H and O–H groups in total. The van der Waals surface area contributed by atoms with E-state index < -0.39 is 0 Å². The van der Waals surface area contributed by atoms with Crippen molar-refractivity contribution in [1.29, 1.82) is 0 Å². The number of ether oxygens (including phenoxy) is 1. The third-order valence-corrected chi connectivity index (χ3v) is 3.17. The van der Waals surface area contributed by atoms with Crippen molar-refractivity contribution in [2.24, 2.45) is 0 Å². The maximum atomic E-state index is 10.6. The molecule has 1 rings (SSSR count). The molecule has 0 radical (unpaired) electrons. The summed E-state index contributed by atoms with van der Waals surface area (Å²) in [6.45, 7) is 6.79. The highest BCUT2D eigenvalue weighted by Crippen LogP contribution is 2.08. The first-order chi connectivity index (χ1) is 8.22. The molecule has 0 unspecified atom stereocenters. The number of nitrogens with zero attached hydrogens (tertiary/aromatic N) is 1. The first-order valence-electron chi connectivity index (χ1n) is 6.44. The van der Waals surface area contributed by atoms with Crippen molar-refractivity contribution in [2.75, 3.05) is 46.4 Å². The van der Waals surface area contributed by atoms with E-state index in [1.807, 2.05) is 7.05 Å². The van der Waals surface area contributed by atoms with Gasteiger partial charge in [-0.3, -0.25) is 4.79 Å². The van der Waals surface area contributed by atoms with Crippen LogP contribution < -0.4 is 10.6 Å². The van der Waals surface area contributed by atoms with Crippen LogP contribution in [0.25, 0.3) is 0 Å². The summed E-state index contributed by atoms with van der Waals surface area (Å²) < 4.78 is 5.47. The van der Waals surface area contributed by atoms with Gasteiger partial charge in [-0.2, -0.15) is 0 Å². The third kappa shape index (κ3) is 6.61. The van der Waals surface area contributed by atoms with Crippen LogP contribution in [0.3, 0.4) is 0 Å². The number of likely N-dealkylation sites (tertiary alicyclic amines) is 1. The van der Waals surface area contributed by atoms with Crippen molar-refractivity contribution in [3.05, 3.63) is 0 Å². The van der Waals surface area contributed by atoms with Gasteiger partial charge in [0.05, 0.1) is 13.2 Å². The topological polar surface area (TPSA) is 53.6 Å². The fraction of sp³-hybridized carbons (Fsp3) is 0.917. The molecule has 0 bridgehead atoms. The van der Waals surface area contributed by atoms with Gasteiger partial charge >= 0.3 is 0 Å². The third-order valence-electron chi connectivity index (χ3n) is 3.17. The predicted octanol–water partition coefficient (Wildman–Crippen LogP) is -0.177. The van der Waals surface area contributed by atoms with Crippen LogP contribution in [0.4, 0.5) is 0 Å². The van der Waals surface area contributed by atoms with Crippen LogP contribution in [0.2, 0.25) is 0 Å². The average molecular weight is 243 g/mol. The van der Waals surface area contributed by atoms with E-state index in [2.05, 4.69) is 15.5 Å². The lowest BCUT2D eigenvalue weighted by molar-refractivity contribution is -0.119.